The van der Waals surface area contributed by atoms with Crippen molar-refractivity contribution in [2.45, 2.75) is 44.9 Å². The molecule has 0 radical (unpaired) electrons. The van der Waals surface area contributed by atoms with Crippen LogP contribution in [0, 0.1) is 5.92 Å². The predicted molar refractivity (Wildman–Crippen MR) is 68.6 cm³/mol. The van der Waals surface area contributed by atoms with Gasteiger partial charge < -0.3 is 4.90 Å². The molecule has 0 N–H and O–H groups in total. The average Bonchev–Trinajstić information content (AvgIpc) is 3.24. The minimum Gasteiger partial charge on any atom is -0.342 e. The molecule has 0 aromatic heterocycles. The number of nitrogens with zero attached hydrogens (tertiary/aromatic N) is 1. The molecule has 1 saturated carbocycles. The normalized spacial score (nSPS) is 28.5. The molecule has 2 heteroatoms. The van der Waals surface area contributed by atoms with Gasteiger partial charge in [0.2, 0.25) is 5.91 Å². The summed E-state index contributed by atoms with van der Waals surface area (Å²) in [6.07, 6.45) is 12.4. The third-order valence-electron chi connectivity index (χ3n) is 4.30. The lowest BCUT2D eigenvalue weighted by molar-refractivity contribution is -0.136. The summed E-state index contributed by atoms with van der Waals surface area (Å²) in [5.41, 5.74) is 3.36. The van der Waals surface area contributed by atoms with E-state index in [0.29, 0.717) is 5.91 Å². The highest BCUT2D eigenvalue weighted by atomic mass is 16.2. The Morgan fingerprint density at radius 2 is 1.76 bits per heavy atom. The second-order valence-electron chi connectivity index (χ2n) is 5.51. The summed E-state index contributed by atoms with van der Waals surface area (Å²) in [7, 11) is 0. The lowest BCUT2D eigenvalue weighted by Gasteiger charge is -2.32. The number of rotatable bonds is 1. The van der Waals surface area contributed by atoms with Gasteiger partial charge >= 0.3 is 0 Å². The molecule has 1 saturated heterocycles. The Balaban J connectivity index is 1.56. The number of allylic oxidation sites excluding steroid dienone is 3. The summed E-state index contributed by atoms with van der Waals surface area (Å²) in [4.78, 5) is 14.4. The minimum atomic E-state index is 0.273. The molecule has 92 valence electrons. The topological polar surface area (TPSA) is 20.3 Å². The van der Waals surface area contributed by atoms with Crippen molar-refractivity contribution >= 4 is 5.91 Å². The van der Waals surface area contributed by atoms with Gasteiger partial charge in [-0.05, 0) is 44.9 Å². The van der Waals surface area contributed by atoms with E-state index in [1.165, 1.54) is 12.8 Å². The second-order valence-corrected chi connectivity index (χ2v) is 5.51. The molecular formula is C15H21NO. The van der Waals surface area contributed by atoms with Crippen LogP contribution in [-0.4, -0.2) is 23.9 Å². The molecule has 0 spiro atoms. The van der Waals surface area contributed by atoms with E-state index in [-0.39, 0.29) is 5.92 Å². The van der Waals surface area contributed by atoms with Crippen molar-refractivity contribution in [1.82, 2.24) is 4.90 Å². The highest BCUT2D eigenvalue weighted by molar-refractivity contribution is 5.79. The SMILES string of the molecule is O=C(C1CC=CCC1)N1CCC(=C2CC2)CC1. The number of carbonyl (C=O) groups is 1. The van der Waals surface area contributed by atoms with E-state index in [4.69, 9.17) is 0 Å². The molecule has 2 nitrogen and oxygen atoms in total. The number of hydrogen-bond acceptors (Lipinski definition) is 1. The number of hydrogen-bond donors (Lipinski definition) is 0. The van der Waals surface area contributed by atoms with Gasteiger partial charge in [-0.25, -0.2) is 0 Å². The van der Waals surface area contributed by atoms with Crippen molar-refractivity contribution in [3.63, 3.8) is 0 Å². The van der Waals surface area contributed by atoms with E-state index in [9.17, 15) is 4.79 Å². The first kappa shape index (κ1) is 11.1. The van der Waals surface area contributed by atoms with Gasteiger partial charge in [-0.1, -0.05) is 23.3 Å². The number of carbonyl (C=O) groups excluding carboxylic acids is 1. The van der Waals surface area contributed by atoms with Crippen LogP contribution in [0.3, 0.4) is 0 Å². The Labute approximate surface area is 103 Å². The Morgan fingerprint density at radius 1 is 1.06 bits per heavy atom. The summed E-state index contributed by atoms with van der Waals surface area (Å²) in [6.45, 7) is 1.94. The molecule has 1 aliphatic heterocycles. The molecule has 1 amide bonds. The number of likely N-dealkylation sites (tertiary alicyclic amines) is 1. The van der Waals surface area contributed by atoms with Crippen LogP contribution in [0.1, 0.15) is 44.9 Å². The van der Waals surface area contributed by atoms with Crippen molar-refractivity contribution < 1.29 is 4.79 Å². The number of piperidine rings is 1. The van der Waals surface area contributed by atoms with Crippen molar-refractivity contribution in [2.75, 3.05) is 13.1 Å². The molecule has 0 aromatic rings. The maximum atomic E-state index is 12.3. The van der Waals surface area contributed by atoms with Crippen LogP contribution in [0.2, 0.25) is 0 Å². The minimum absolute atomic E-state index is 0.273. The zero-order valence-electron chi connectivity index (χ0n) is 10.5. The summed E-state index contributed by atoms with van der Waals surface area (Å²) in [5, 5.41) is 0. The first-order valence-corrected chi connectivity index (χ1v) is 6.98. The van der Waals surface area contributed by atoms with Gasteiger partial charge in [-0.2, -0.15) is 0 Å². The fraction of sp³-hybridized carbons (Fsp3) is 0.667. The molecule has 17 heavy (non-hydrogen) atoms. The van der Waals surface area contributed by atoms with Crippen molar-refractivity contribution in [1.29, 1.82) is 0 Å². The molecule has 0 aromatic carbocycles. The second kappa shape index (κ2) is 4.67. The maximum Gasteiger partial charge on any atom is 0.226 e. The first-order chi connectivity index (χ1) is 8.34. The fourth-order valence-corrected chi connectivity index (χ4v) is 3.04. The lowest BCUT2D eigenvalue weighted by atomic mass is 9.92. The molecule has 3 aliphatic rings. The van der Waals surface area contributed by atoms with Gasteiger partial charge in [0.05, 0.1) is 0 Å². The molecule has 2 fully saturated rings. The van der Waals surface area contributed by atoms with Crippen LogP contribution >= 0.6 is 0 Å². The van der Waals surface area contributed by atoms with E-state index in [0.717, 1.165) is 45.2 Å². The molecule has 1 atom stereocenters. The van der Waals surface area contributed by atoms with Gasteiger partial charge in [-0.15, -0.1) is 0 Å². The quantitative estimate of drug-likeness (QED) is 0.635. The van der Waals surface area contributed by atoms with Gasteiger partial charge in [0.15, 0.2) is 0 Å². The Bertz CT molecular complexity index is 364. The van der Waals surface area contributed by atoms with Gasteiger partial charge in [-0.3, -0.25) is 4.79 Å². The van der Waals surface area contributed by atoms with Gasteiger partial charge in [0.25, 0.3) is 0 Å². The van der Waals surface area contributed by atoms with Crippen LogP contribution in [0.15, 0.2) is 23.3 Å². The standard InChI is InChI=1S/C15H21NO/c17-15(14-4-2-1-3-5-14)16-10-8-13(9-11-16)12-6-7-12/h1-2,14H,3-11H2. The fourth-order valence-electron chi connectivity index (χ4n) is 3.04. The molecule has 1 heterocycles. The molecular weight excluding hydrogens is 210 g/mol. The summed E-state index contributed by atoms with van der Waals surface area (Å²) >= 11 is 0. The predicted octanol–water partition coefficient (Wildman–Crippen LogP) is 3.06. The zero-order valence-corrected chi connectivity index (χ0v) is 10.5. The smallest absolute Gasteiger partial charge is 0.226 e. The van der Waals surface area contributed by atoms with Crippen LogP contribution < -0.4 is 0 Å². The van der Waals surface area contributed by atoms with Crippen molar-refractivity contribution in [3.05, 3.63) is 23.3 Å². The van der Waals surface area contributed by atoms with Crippen LogP contribution in [0.5, 0.6) is 0 Å². The lowest BCUT2D eigenvalue weighted by Crippen LogP contribution is -2.40. The summed E-state index contributed by atoms with van der Waals surface area (Å²) in [6, 6.07) is 0. The van der Waals surface area contributed by atoms with Crippen LogP contribution in [0.4, 0.5) is 0 Å². The number of amides is 1. The third kappa shape index (κ3) is 2.46. The highest BCUT2D eigenvalue weighted by Gasteiger charge is 2.28. The van der Waals surface area contributed by atoms with E-state index in [1.54, 1.807) is 11.1 Å². The van der Waals surface area contributed by atoms with Crippen LogP contribution in [-0.2, 0) is 4.79 Å². The molecule has 3 rings (SSSR count). The molecule has 2 aliphatic carbocycles. The van der Waals surface area contributed by atoms with Gasteiger partial charge in [0.1, 0.15) is 0 Å². The van der Waals surface area contributed by atoms with Crippen molar-refractivity contribution in [2.24, 2.45) is 5.92 Å². The Morgan fingerprint density at radius 3 is 2.35 bits per heavy atom. The molecule has 0 bridgehead atoms. The molecule has 1 unspecified atom stereocenters. The van der Waals surface area contributed by atoms with E-state index in [1.807, 2.05) is 0 Å². The monoisotopic (exact) mass is 231 g/mol. The average molecular weight is 231 g/mol. The zero-order chi connectivity index (χ0) is 11.7. The highest BCUT2D eigenvalue weighted by Crippen LogP contribution is 2.36. The largest absolute Gasteiger partial charge is 0.342 e. The van der Waals surface area contributed by atoms with Crippen molar-refractivity contribution in [3.8, 4) is 0 Å². The van der Waals surface area contributed by atoms with E-state index >= 15 is 0 Å². The van der Waals surface area contributed by atoms with Crippen LogP contribution in [0.25, 0.3) is 0 Å². The Kier molecular flexibility index (Phi) is 3.04. The van der Waals surface area contributed by atoms with E-state index in [2.05, 4.69) is 17.1 Å². The summed E-state index contributed by atoms with van der Waals surface area (Å²) < 4.78 is 0. The third-order valence-corrected chi connectivity index (χ3v) is 4.30. The maximum absolute atomic E-state index is 12.3. The summed E-state index contributed by atoms with van der Waals surface area (Å²) in [5.74, 6) is 0.685. The first-order valence-electron chi connectivity index (χ1n) is 6.98. The van der Waals surface area contributed by atoms with Gasteiger partial charge in [0, 0.05) is 19.0 Å². The van der Waals surface area contributed by atoms with E-state index < -0.39 is 0 Å². The Hall–Kier alpha value is -1.05.